The average molecular weight is 650 g/mol. The first-order chi connectivity index (χ1) is 21.5. The number of aromatic nitrogens is 3. The van der Waals surface area contributed by atoms with Gasteiger partial charge in [-0.1, -0.05) is 29.8 Å². The molecule has 1 saturated heterocycles. The lowest BCUT2D eigenvalue weighted by molar-refractivity contribution is 0.0147. The van der Waals surface area contributed by atoms with E-state index in [-0.39, 0.29) is 17.0 Å². The van der Waals surface area contributed by atoms with E-state index in [2.05, 4.69) is 15.3 Å². The summed E-state index contributed by atoms with van der Waals surface area (Å²) in [6.07, 6.45) is 9.34. The van der Waals surface area contributed by atoms with Crippen LogP contribution >= 0.6 is 11.6 Å². The topological polar surface area (TPSA) is 106 Å². The summed E-state index contributed by atoms with van der Waals surface area (Å²) in [5, 5.41) is 4.65. The molecule has 9 nitrogen and oxygen atoms in total. The Bertz CT molecular complexity index is 1770. The number of piperidine rings is 1. The number of amides is 1. The molecule has 0 bridgehead atoms. The highest BCUT2D eigenvalue weighted by Crippen LogP contribution is 2.38. The highest BCUT2D eigenvalue weighted by atomic mass is 35.5. The summed E-state index contributed by atoms with van der Waals surface area (Å²) < 4.78 is 34.0. The molecule has 1 aliphatic carbocycles. The first-order valence-electron chi connectivity index (χ1n) is 15.7. The summed E-state index contributed by atoms with van der Waals surface area (Å²) >= 11 is 6.53. The first kappa shape index (κ1) is 31.4. The predicted molar refractivity (Wildman–Crippen MR) is 177 cm³/mol. The molecule has 4 aromatic rings. The third-order valence-corrected chi connectivity index (χ3v) is 10.8. The molecule has 0 unspecified atom stereocenters. The van der Waals surface area contributed by atoms with Crippen LogP contribution in [-0.2, 0) is 14.8 Å². The van der Waals surface area contributed by atoms with Crippen molar-refractivity contribution in [1.82, 2.24) is 18.8 Å². The van der Waals surface area contributed by atoms with Gasteiger partial charge in [-0.3, -0.25) is 0 Å². The van der Waals surface area contributed by atoms with Gasteiger partial charge in [0.25, 0.3) is 10.0 Å². The van der Waals surface area contributed by atoms with Crippen molar-refractivity contribution in [2.45, 2.75) is 75.8 Å². The molecule has 1 N–H and O–H groups in total. The summed E-state index contributed by atoms with van der Waals surface area (Å²) in [5.41, 5.74) is 1.36. The number of carbonyl (C=O) groups excluding carboxylic acids is 1. The Morgan fingerprint density at radius 3 is 2.33 bits per heavy atom. The number of nitrogens with zero attached hydrogens (tertiary/aromatic N) is 4. The minimum atomic E-state index is -3.86. The van der Waals surface area contributed by atoms with Gasteiger partial charge in [-0.2, -0.15) is 0 Å². The van der Waals surface area contributed by atoms with E-state index in [0.717, 1.165) is 57.2 Å². The molecule has 238 valence electrons. The van der Waals surface area contributed by atoms with Crippen molar-refractivity contribution in [2.24, 2.45) is 11.8 Å². The van der Waals surface area contributed by atoms with Crippen molar-refractivity contribution in [3.63, 3.8) is 0 Å². The molecule has 0 spiro atoms. The number of hydrogen-bond acceptors (Lipinski definition) is 7. The minimum Gasteiger partial charge on any atom is -0.444 e. The van der Waals surface area contributed by atoms with E-state index >= 15 is 0 Å². The molecule has 1 aliphatic heterocycles. The van der Waals surface area contributed by atoms with Gasteiger partial charge < -0.3 is 15.0 Å². The Kier molecular flexibility index (Phi) is 8.81. The molecule has 2 fully saturated rings. The lowest BCUT2D eigenvalue weighted by Gasteiger charge is -2.39. The Hall–Kier alpha value is -3.63. The standard InChI is InChI=1S/C34H40ClN5O4S/c1-34(2,3)44-33(41)39-18-15-24(16-19-39)23-11-13-26(14-12-23)37-31-21-25(20-30(35)38-31)29-22-40(32-28(29)10-7-17-36-32)45(42,43)27-8-5-4-6-9-27/h4-10,17,20-24,26H,11-16,18-19H2,1-3H3,(H,37,38). The van der Waals surface area contributed by atoms with Crippen molar-refractivity contribution in [2.75, 3.05) is 18.4 Å². The molecule has 1 aromatic carbocycles. The molecule has 3 aromatic heterocycles. The Morgan fingerprint density at radius 2 is 1.64 bits per heavy atom. The molecule has 1 amide bonds. The molecule has 4 heterocycles. The van der Waals surface area contributed by atoms with Crippen LogP contribution < -0.4 is 5.32 Å². The fraction of sp³-hybridized carbons (Fsp3) is 0.441. The summed E-state index contributed by atoms with van der Waals surface area (Å²) in [5.74, 6) is 1.94. The van der Waals surface area contributed by atoms with Gasteiger partial charge in [0.15, 0.2) is 5.65 Å². The highest BCUT2D eigenvalue weighted by molar-refractivity contribution is 7.90. The highest BCUT2D eigenvalue weighted by Gasteiger charge is 2.33. The zero-order chi connectivity index (χ0) is 31.8. The van der Waals surface area contributed by atoms with Crippen LogP contribution in [0.4, 0.5) is 10.6 Å². The van der Waals surface area contributed by atoms with Crippen LogP contribution in [0.2, 0.25) is 5.15 Å². The maximum atomic E-state index is 13.6. The molecule has 11 heteroatoms. The number of rotatable bonds is 6. The smallest absolute Gasteiger partial charge is 0.410 e. The minimum absolute atomic E-state index is 0.193. The van der Waals surface area contributed by atoms with Crippen molar-refractivity contribution in [1.29, 1.82) is 0 Å². The van der Waals surface area contributed by atoms with E-state index in [1.807, 2.05) is 37.8 Å². The van der Waals surface area contributed by atoms with Gasteiger partial charge in [-0.05, 0) is 113 Å². The number of carbonyl (C=O) groups is 1. The van der Waals surface area contributed by atoms with Gasteiger partial charge in [0.2, 0.25) is 0 Å². The zero-order valence-corrected chi connectivity index (χ0v) is 27.5. The largest absolute Gasteiger partial charge is 0.444 e. The van der Waals surface area contributed by atoms with Gasteiger partial charge in [0, 0.05) is 42.5 Å². The number of benzene rings is 1. The Labute approximate surface area is 270 Å². The van der Waals surface area contributed by atoms with Crippen LogP contribution in [0.15, 0.2) is 71.9 Å². The Balaban J connectivity index is 1.13. The lowest BCUT2D eigenvalue weighted by Crippen LogP contribution is -2.43. The maximum Gasteiger partial charge on any atom is 0.410 e. The molecule has 2 aliphatic rings. The first-order valence-corrected chi connectivity index (χ1v) is 17.5. The van der Waals surface area contributed by atoms with Gasteiger partial charge in [0.1, 0.15) is 16.6 Å². The summed E-state index contributed by atoms with van der Waals surface area (Å²) in [6, 6.07) is 16.0. The van der Waals surface area contributed by atoms with E-state index in [0.29, 0.717) is 39.4 Å². The normalized spacial score (nSPS) is 19.9. The average Bonchev–Trinajstić information content (AvgIpc) is 3.42. The zero-order valence-electron chi connectivity index (χ0n) is 25.9. The number of pyridine rings is 2. The third-order valence-electron chi connectivity index (χ3n) is 8.92. The molecule has 6 rings (SSSR count). The second-order valence-corrected chi connectivity index (χ2v) is 15.4. The second-order valence-electron chi connectivity index (χ2n) is 13.2. The number of anilines is 1. The third kappa shape index (κ3) is 6.97. The molecule has 0 atom stereocenters. The van der Waals surface area contributed by atoms with E-state index in [9.17, 15) is 13.2 Å². The quantitative estimate of drug-likeness (QED) is 0.214. The molecular weight excluding hydrogens is 610 g/mol. The van der Waals surface area contributed by atoms with Crippen molar-refractivity contribution in [3.05, 3.63) is 72.1 Å². The molecule has 0 radical (unpaired) electrons. The van der Waals surface area contributed by atoms with Crippen LogP contribution in [0.25, 0.3) is 22.2 Å². The number of ether oxygens (including phenoxy) is 1. The maximum absolute atomic E-state index is 13.6. The van der Waals surface area contributed by atoms with E-state index in [1.165, 1.54) is 3.97 Å². The van der Waals surface area contributed by atoms with Gasteiger partial charge in [-0.15, -0.1) is 0 Å². The number of likely N-dealkylation sites (tertiary alicyclic amines) is 1. The van der Waals surface area contributed by atoms with Crippen molar-refractivity contribution in [3.8, 4) is 11.1 Å². The lowest BCUT2D eigenvalue weighted by atomic mass is 9.74. The molecule has 45 heavy (non-hydrogen) atoms. The van der Waals surface area contributed by atoms with E-state index in [4.69, 9.17) is 16.3 Å². The Morgan fingerprint density at radius 1 is 0.956 bits per heavy atom. The van der Waals surface area contributed by atoms with Crippen LogP contribution in [0.1, 0.15) is 59.3 Å². The number of halogens is 1. The SMILES string of the molecule is CC(C)(C)OC(=O)N1CCC(C2CCC(Nc3cc(-c4cn(S(=O)(=O)c5ccccc5)c5ncccc45)cc(Cl)n3)CC2)CC1. The van der Waals surface area contributed by atoms with E-state index in [1.54, 1.807) is 54.9 Å². The second kappa shape index (κ2) is 12.6. The molecular formula is C34H40ClN5O4S. The van der Waals surface area contributed by atoms with E-state index < -0.39 is 15.6 Å². The fourth-order valence-electron chi connectivity index (χ4n) is 6.70. The monoisotopic (exact) mass is 649 g/mol. The van der Waals surface area contributed by atoms with Crippen LogP contribution in [-0.4, -0.2) is 58.1 Å². The van der Waals surface area contributed by atoms with Crippen molar-refractivity contribution < 1.29 is 17.9 Å². The number of nitrogens with one attached hydrogen (secondary N) is 1. The predicted octanol–water partition coefficient (Wildman–Crippen LogP) is 7.61. The van der Waals surface area contributed by atoms with Crippen molar-refractivity contribution >= 4 is 44.6 Å². The van der Waals surface area contributed by atoms with Crippen LogP contribution in [0.5, 0.6) is 0 Å². The van der Waals surface area contributed by atoms with Crippen LogP contribution in [0.3, 0.4) is 0 Å². The van der Waals surface area contributed by atoms with Gasteiger partial charge in [0.05, 0.1) is 4.90 Å². The fourth-order valence-corrected chi connectivity index (χ4v) is 8.25. The van der Waals surface area contributed by atoms with Gasteiger partial charge >= 0.3 is 6.09 Å². The molecule has 1 saturated carbocycles. The number of hydrogen-bond donors (Lipinski definition) is 1. The summed E-state index contributed by atoms with van der Waals surface area (Å²) in [7, 11) is -3.86. The summed E-state index contributed by atoms with van der Waals surface area (Å²) in [4.78, 5) is 23.5. The summed E-state index contributed by atoms with van der Waals surface area (Å²) in [6.45, 7) is 7.22. The van der Waals surface area contributed by atoms with Gasteiger partial charge in [-0.25, -0.2) is 27.2 Å². The number of fused-ring (bicyclic) bond motifs is 1. The van der Waals surface area contributed by atoms with Crippen LogP contribution in [0, 0.1) is 11.8 Å².